The maximum atomic E-state index is 11.0. The number of aromatic hydroxyl groups is 1. The first-order valence-corrected chi connectivity index (χ1v) is 9.74. The Kier molecular flexibility index (Phi) is 4.79. The molecule has 0 aliphatic carbocycles. The number of aryl methyl sites for hydroxylation is 1. The molecule has 4 heteroatoms. The summed E-state index contributed by atoms with van der Waals surface area (Å²) in [6, 6.07) is 8.22. The minimum atomic E-state index is -0.167. The highest BCUT2D eigenvalue weighted by molar-refractivity contribution is 5.91. The molecule has 1 N–H and O–H groups in total. The second-order valence-electron chi connectivity index (χ2n) is 9.37. The first kappa shape index (κ1) is 19.4. The molecule has 0 unspecified atom stereocenters. The van der Waals surface area contributed by atoms with E-state index in [-0.39, 0.29) is 10.8 Å². The summed E-state index contributed by atoms with van der Waals surface area (Å²) in [6.07, 6.45) is 2.82. The summed E-state index contributed by atoms with van der Waals surface area (Å²) in [6.45, 7) is 15.8. The van der Waals surface area contributed by atoms with Crippen molar-refractivity contribution in [1.82, 2.24) is 14.8 Å². The van der Waals surface area contributed by atoms with E-state index in [0.29, 0.717) is 5.75 Å². The van der Waals surface area contributed by atoms with Crippen LogP contribution in [0.3, 0.4) is 0 Å². The lowest BCUT2D eigenvalue weighted by Crippen LogP contribution is -2.17. The highest BCUT2D eigenvalue weighted by Gasteiger charge is 2.27. The van der Waals surface area contributed by atoms with Gasteiger partial charge in [0.2, 0.25) is 0 Å². The Bertz CT molecular complexity index is 936. The number of hydrogen-bond acceptors (Lipinski definition) is 3. The third-order valence-electron chi connectivity index (χ3n) is 4.94. The van der Waals surface area contributed by atoms with E-state index in [1.54, 1.807) is 0 Å². The maximum Gasteiger partial charge on any atom is 0.158 e. The molecule has 0 atom stereocenters. The number of rotatable bonds is 3. The van der Waals surface area contributed by atoms with Gasteiger partial charge in [-0.1, -0.05) is 48.5 Å². The van der Waals surface area contributed by atoms with Gasteiger partial charge < -0.3 is 5.11 Å². The average molecular weight is 366 g/mol. The van der Waals surface area contributed by atoms with Gasteiger partial charge in [0.25, 0.3) is 0 Å². The predicted octanol–water partition coefficient (Wildman–Crippen LogP) is 5.81. The van der Waals surface area contributed by atoms with Crippen molar-refractivity contribution in [2.45, 2.75) is 72.3 Å². The zero-order valence-electron chi connectivity index (χ0n) is 17.6. The topological polar surface area (TPSA) is 50.9 Å². The molecule has 0 saturated carbocycles. The Labute approximate surface area is 162 Å². The number of hydrogen-bond donors (Lipinski definition) is 1. The first-order valence-electron chi connectivity index (χ1n) is 9.74. The molecular formula is C23H31N3O. The Morgan fingerprint density at radius 3 is 2.11 bits per heavy atom. The van der Waals surface area contributed by atoms with Gasteiger partial charge in [-0.05, 0) is 41.5 Å². The zero-order valence-corrected chi connectivity index (χ0v) is 17.6. The van der Waals surface area contributed by atoms with E-state index in [0.717, 1.165) is 46.4 Å². The lowest BCUT2D eigenvalue weighted by Gasteiger charge is -2.28. The average Bonchev–Trinajstić information content (AvgIpc) is 2.92. The van der Waals surface area contributed by atoms with E-state index in [2.05, 4.69) is 71.6 Å². The van der Waals surface area contributed by atoms with Gasteiger partial charge in [0.15, 0.2) is 5.65 Å². The summed E-state index contributed by atoms with van der Waals surface area (Å²) in [5, 5.41) is 16.9. The number of phenolic OH excluding ortho intramolecular Hbond substituents is 1. The number of phenols is 1. The molecule has 144 valence electrons. The van der Waals surface area contributed by atoms with E-state index in [1.165, 1.54) is 0 Å². The SMILES string of the molecule is CCCn1nc(-c2cc(C(C)(C)C)c(O)c(C(C)(C)C)c2)c2cccnc21. The fraction of sp³-hybridized carbons (Fsp3) is 0.478. The molecule has 3 aromatic rings. The van der Waals surface area contributed by atoms with Crippen LogP contribution in [-0.4, -0.2) is 19.9 Å². The molecule has 3 rings (SSSR count). The van der Waals surface area contributed by atoms with Gasteiger partial charge in [0, 0.05) is 34.8 Å². The van der Waals surface area contributed by atoms with E-state index >= 15 is 0 Å². The van der Waals surface area contributed by atoms with Crippen molar-refractivity contribution in [2.24, 2.45) is 0 Å². The predicted molar refractivity (Wildman–Crippen MR) is 112 cm³/mol. The highest BCUT2D eigenvalue weighted by atomic mass is 16.3. The minimum Gasteiger partial charge on any atom is -0.507 e. The van der Waals surface area contributed by atoms with Crippen LogP contribution in [0.15, 0.2) is 30.5 Å². The van der Waals surface area contributed by atoms with Crippen LogP contribution in [0.2, 0.25) is 0 Å². The molecule has 27 heavy (non-hydrogen) atoms. The molecule has 0 spiro atoms. The van der Waals surface area contributed by atoms with Crippen LogP contribution in [-0.2, 0) is 17.4 Å². The second-order valence-corrected chi connectivity index (χ2v) is 9.37. The van der Waals surface area contributed by atoms with Crippen LogP contribution in [0.25, 0.3) is 22.3 Å². The van der Waals surface area contributed by atoms with Crippen LogP contribution in [0.5, 0.6) is 5.75 Å². The number of fused-ring (bicyclic) bond motifs is 1. The van der Waals surface area contributed by atoms with Gasteiger partial charge in [-0.2, -0.15) is 5.10 Å². The third-order valence-corrected chi connectivity index (χ3v) is 4.94. The number of benzene rings is 1. The highest BCUT2D eigenvalue weighted by Crippen LogP contribution is 2.42. The van der Waals surface area contributed by atoms with Crippen molar-refractivity contribution in [3.63, 3.8) is 0 Å². The summed E-state index contributed by atoms with van der Waals surface area (Å²) in [5.41, 5.74) is 4.45. The van der Waals surface area contributed by atoms with Crippen LogP contribution >= 0.6 is 0 Å². The largest absolute Gasteiger partial charge is 0.507 e. The van der Waals surface area contributed by atoms with E-state index in [1.807, 2.05) is 16.9 Å². The summed E-state index contributed by atoms with van der Waals surface area (Å²) < 4.78 is 1.99. The number of nitrogens with zero attached hydrogens (tertiary/aromatic N) is 3. The van der Waals surface area contributed by atoms with Crippen molar-refractivity contribution in [1.29, 1.82) is 0 Å². The molecule has 0 fully saturated rings. The van der Waals surface area contributed by atoms with E-state index in [9.17, 15) is 5.11 Å². The number of pyridine rings is 1. The molecule has 2 aromatic heterocycles. The zero-order chi connectivity index (χ0) is 20.0. The quantitative estimate of drug-likeness (QED) is 0.637. The normalized spacial score (nSPS) is 12.7. The summed E-state index contributed by atoms with van der Waals surface area (Å²) >= 11 is 0. The lowest BCUT2D eigenvalue weighted by atomic mass is 9.78. The van der Waals surface area contributed by atoms with Crippen LogP contribution in [0, 0.1) is 0 Å². The van der Waals surface area contributed by atoms with Crippen molar-refractivity contribution < 1.29 is 5.11 Å². The molecule has 0 amide bonds. The number of aromatic nitrogens is 3. The molecule has 0 aliphatic heterocycles. The lowest BCUT2D eigenvalue weighted by molar-refractivity contribution is 0.423. The van der Waals surface area contributed by atoms with Gasteiger partial charge in [-0.3, -0.25) is 0 Å². The van der Waals surface area contributed by atoms with Crippen molar-refractivity contribution in [2.75, 3.05) is 0 Å². The van der Waals surface area contributed by atoms with Crippen LogP contribution in [0.4, 0.5) is 0 Å². The molecule has 0 bridgehead atoms. The van der Waals surface area contributed by atoms with Gasteiger partial charge >= 0.3 is 0 Å². The van der Waals surface area contributed by atoms with Crippen LogP contribution < -0.4 is 0 Å². The monoisotopic (exact) mass is 365 g/mol. The first-order chi connectivity index (χ1) is 12.5. The Morgan fingerprint density at radius 2 is 1.59 bits per heavy atom. The van der Waals surface area contributed by atoms with Crippen molar-refractivity contribution in [3.8, 4) is 17.0 Å². The van der Waals surface area contributed by atoms with Crippen LogP contribution in [0.1, 0.15) is 66.0 Å². The summed E-state index contributed by atoms with van der Waals surface area (Å²) in [5.74, 6) is 0.397. The molecule has 0 saturated heterocycles. The van der Waals surface area contributed by atoms with E-state index in [4.69, 9.17) is 5.10 Å². The van der Waals surface area contributed by atoms with Crippen molar-refractivity contribution >= 4 is 11.0 Å². The Hall–Kier alpha value is -2.36. The summed E-state index contributed by atoms with van der Waals surface area (Å²) in [7, 11) is 0. The smallest absolute Gasteiger partial charge is 0.158 e. The molecule has 2 heterocycles. The summed E-state index contributed by atoms with van der Waals surface area (Å²) in [4.78, 5) is 4.56. The molecule has 1 aromatic carbocycles. The molecular weight excluding hydrogens is 334 g/mol. The maximum absolute atomic E-state index is 11.0. The Balaban J connectivity index is 2.34. The van der Waals surface area contributed by atoms with Gasteiger partial charge in [-0.15, -0.1) is 0 Å². The molecule has 0 aliphatic rings. The van der Waals surface area contributed by atoms with Gasteiger partial charge in [0.05, 0.1) is 0 Å². The Morgan fingerprint density at radius 1 is 1.00 bits per heavy atom. The van der Waals surface area contributed by atoms with Gasteiger partial charge in [-0.25, -0.2) is 9.67 Å². The molecule has 4 nitrogen and oxygen atoms in total. The minimum absolute atomic E-state index is 0.167. The third kappa shape index (κ3) is 3.58. The molecule has 0 radical (unpaired) electrons. The second kappa shape index (κ2) is 6.66. The van der Waals surface area contributed by atoms with E-state index < -0.39 is 0 Å². The fourth-order valence-electron chi connectivity index (χ4n) is 3.50. The fourth-order valence-corrected chi connectivity index (χ4v) is 3.50. The standard InChI is InChI=1S/C23H31N3O/c1-8-12-26-21-16(10-9-11-24-21)19(25-26)15-13-17(22(2,3)4)20(27)18(14-15)23(5,6)7/h9-11,13-14,27H,8,12H2,1-7H3. The van der Waals surface area contributed by atoms with Gasteiger partial charge in [0.1, 0.15) is 11.4 Å². The van der Waals surface area contributed by atoms with Crippen molar-refractivity contribution in [3.05, 3.63) is 41.6 Å².